The summed E-state index contributed by atoms with van der Waals surface area (Å²) in [6.07, 6.45) is 3.20. The molecule has 0 saturated carbocycles. The topological polar surface area (TPSA) is 91.5 Å². The molecule has 202 valence electrons. The number of piperazine rings is 1. The van der Waals surface area contributed by atoms with Gasteiger partial charge in [0.15, 0.2) is 5.65 Å². The number of benzene rings is 2. The number of allylic oxidation sites excluding steroid dienone is 1. The van der Waals surface area contributed by atoms with Crippen molar-refractivity contribution in [2.24, 2.45) is 0 Å². The fourth-order valence-corrected chi connectivity index (χ4v) is 4.72. The summed E-state index contributed by atoms with van der Waals surface area (Å²) in [6, 6.07) is 15.4. The highest BCUT2D eigenvalue weighted by Gasteiger charge is 2.19. The van der Waals surface area contributed by atoms with Crippen molar-refractivity contribution in [2.75, 3.05) is 57.0 Å². The molecule has 0 atom stereocenters. The van der Waals surface area contributed by atoms with Gasteiger partial charge >= 0.3 is 0 Å². The number of amides is 1. The average molecular weight is 527 g/mol. The lowest BCUT2D eigenvalue weighted by Crippen LogP contribution is -2.44. The molecule has 0 unspecified atom stereocenters. The quantitative estimate of drug-likeness (QED) is 0.352. The van der Waals surface area contributed by atoms with E-state index in [4.69, 9.17) is 4.98 Å². The zero-order valence-electron chi connectivity index (χ0n) is 22.7. The minimum atomic E-state index is -0.226. The van der Waals surface area contributed by atoms with Gasteiger partial charge in [0.05, 0.1) is 12.2 Å². The van der Waals surface area contributed by atoms with Crippen LogP contribution in [-0.2, 0) is 6.54 Å². The predicted octanol–water partition coefficient (Wildman–Crippen LogP) is 3.36. The standard InChI is InChI=1S/C29H34N8O2/c1-5-14-36-28(39)25-20-30-29(31-22-10-12-23(13-11-22)35-17-15-33(3)16-18-35)32-26(25)37(36)24-9-7-8-21(19-24)27(38)34(4)6-2/h5,7-13,19-20H,1,6,14-18H2,2-4H3,(H,30,31,32). The molecule has 10 nitrogen and oxygen atoms in total. The second kappa shape index (κ2) is 11.1. The Morgan fingerprint density at radius 1 is 1.10 bits per heavy atom. The maximum absolute atomic E-state index is 13.3. The minimum absolute atomic E-state index is 0.0922. The van der Waals surface area contributed by atoms with Gasteiger partial charge in [-0.2, -0.15) is 4.98 Å². The Morgan fingerprint density at radius 3 is 2.54 bits per heavy atom. The maximum Gasteiger partial charge on any atom is 0.278 e. The van der Waals surface area contributed by atoms with Crippen LogP contribution < -0.4 is 15.8 Å². The highest BCUT2D eigenvalue weighted by atomic mass is 16.2. The van der Waals surface area contributed by atoms with Gasteiger partial charge in [-0.05, 0) is 56.4 Å². The molecule has 1 aliphatic rings. The Morgan fingerprint density at radius 2 is 1.85 bits per heavy atom. The van der Waals surface area contributed by atoms with Crippen LogP contribution in [0.25, 0.3) is 16.7 Å². The molecule has 0 radical (unpaired) electrons. The van der Waals surface area contributed by atoms with Gasteiger partial charge in [0.25, 0.3) is 11.5 Å². The van der Waals surface area contributed by atoms with E-state index in [1.807, 2.05) is 31.2 Å². The lowest BCUT2D eigenvalue weighted by atomic mass is 10.2. The van der Waals surface area contributed by atoms with Gasteiger partial charge in [0.2, 0.25) is 5.95 Å². The highest BCUT2D eigenvalue weighted by Crippen LogP contribution is 2.23. The molecule has 1 saturated heterocycles. The van der Waals surface area contributed by atoms with Crippen molar-refractivity contribution in [1.82, 2.24) is 29.1 Å². The summed E-state index contributed by atoms with van der Waals surface area (Å²) in [5.41, 5.74) is 3.44. The molecular formula is C29H34N8O2. The molecule has 4 aromatic rings. The van der Waals surface area contributed by atoms with Crippen LogP contribution in [0, 0.1) is 0 Å². The molecule has 3 heterocycles. The largest absolute Gasteiger partial charge is 0.369 e. The summed E-state index contributed by atoms with van der Waals surface area (Å²) >= 11 is 0. The maximum atomic E-state index is 13.3. The molecule has 1 N–H and O–H groups in total. The number of fused-ring (bicyclic) bond motifs is 1. The fraction of sp³-hybridized carbons (Fsp3) is 0.310. The first-order valence-corrected chi connectivity index (χ1v) is 13.2. The lowest BCUT2D eigenvalue weighted by Gasteiger charge is -2.34. The van der Waals surface area contributed by atoms with Crippen LogP contribution in [0.3, 0.4) is 0 Å². The Hall–Kier alpha value is -4.44. The highest BCUT2D eigenvalue weighted by molar-refractivity contribution is 5.94. The van der Waals surface area contributed by atoms with Gasteiger partial charge in [-0.3, -0.25) is 9.59 Å². The van der Waals surface area contributed by atoms with Gasteiger partial charge in [-0.25, -0.2) is 14.3 Å². The van der Waals surface area contributed by atoms with Crippen LogP contribution in [0.5, 0.6) is 0 Å². The van der Waals surface area contributed by atoms with Gasteiger partial charge in [-0.15, -0.1) is 6.58 Å². The summed E-state index contributed by atoms with van der Waals surface area (Å²) in [5.74, 6) is 0.280. The second-order valence-electron chi connectivity index (χ2n) is 9.75. The van der Waals surface area contributed by atoms with E-state index in [2.05, 4.69) is 45.9 Å². The number of likely N-dealkylation sites (N-methyl/N-ethyl adjacent to an activating group) is 1. The van der Waals surface area contributed by atoms with E-state index in [0.717, 1.165) is 31.9 Å². The number of carbonyl (C=O) groups excluding carboxylic acids is 1. The average Bonchev–Trinajstić information content (AvgIpc) is 3.23. The van der Waals surface area contributed by atoms with Crippen LogP contribution in [0.1, 0.15) is 17.3 Å². The molecule has 0 aliphatic carbocycles. The number of hydrogen-bond donors (Lipinski definition) is 1. The SMILES string of the molecule is C=CCn1c(=O)c2cnc(Nc3ccc(N4CCN(C)CC4)cc3)nc2n1-c1cccc(C(=O)N(C)CC)c1. The van der Waals surface area contributed by atoms with Gasteiger partial charge in [-0.1, -0.05) is 12.1 Å². The molecule has 10 heteroatoms. The van der Waals surface area contributed by atoms with Gasteiger partial charge in [0, 0.05) is 62.9 Å². The summed E-state index contributed by atoms with van der Waals surface area (Å²) in [4.78, 5) is 41.6. The van der Waals surface area contributed by atoms with Crippen molar-refractivity contribution in [3.05, 3.63) is 83.3 Å². The number of aromatic nitrogens is 4. The van der Waals surface area contributed by atoms with E-state index < -0.39 is 0 Å². The Bertz CT molecular complexity index is 1550. The molecule has 2 aromatic heterocycles. The van der Waals surface area contributed by atoms with Crippen LogP contribution in [0.15, 0.2) is 72.2 Å². The number of rotatable bonds is 8. The van der Waals surface area contributed by atoms with Crippen molar-refractivity contribution >= 4 is 34.3 Å². The summed E-state index contributed by atoms with van der Waals surface area (Å²) in [6.45, 7) is 10.7. The third kappa shape index (κ3) is 5.28. The molecule has 1 aliphatic heterocycles. The van der Waals surface area contributed by atoms with Crippen molar-refractivity contribution in [3.8, 4) is 5.69 Å². The van der Waals surface area contributed by atoms with Crippen LogP contribution in [0.4, 0.5) is 17.3 Å². The predicted molar refractivity (Wildman–Crippen MR) is 155 cm³/mol. The van der Waals surface area contributed by atoms with Crippen molar-refractivity contribution in [3.63, 3.8) is 0 Å². The number of nitrogens with one attached hydrogen (secondary N) is 1. The van der Waals surface area contributed by atoms with Gasteiger partial charge in [0.1, 0.15) is 5.39 Å². The minimum Gasteiger partial charge on any atom is -0.369 e. The number of anilines is 3. The third-order valence-corrected chi connectivity index (χ3v) is 7.13. The molecule has 1 fully saturated rings. The summed E-state index contributed by atoms with van der Waals surface area (Å²) in [7, 11) is 3.91. The lowest BCUT2D eigenvalue weighted by molar-refractivity contribution is 0.0802. The van der Waals surface area contributed by atoms with Crippen LogP contribution in [0.2, 0.25) is 0 Å². The number of hydrogen-bond acceptors (Lipinski definition) is 7. The van der Waals surface area contributed by atoms with E-state index in [0.29, 0.717) is 34.8 Å². The molecule has 1 amide bonds. The number of carbonyl (C=O) groups is 1. The van der Waals surface area contributed by atoms with Crippen molar-refractivity contribution in [2.45, 2.75) is 13.5 Å². The van der Waals surface area contributed by atoms with E-state index in [9.17, 15) is 9.59 Å². The van der Waals surface area contributed by atoms with E-state index >= 15 is 0 Å². The van der Waals surface area contributed by atoms with Crippen LogP contribution in [-0.4, -0.2) is 81.9 Å². The molecule has 39 heavy (non-hydrogen) atoms. The second-order valence-corrected chi connectivity index (χ2v) is 9.75. The van der Waals surface area contributed by atoms with E-state index in [1.54, 1.807) is 45.7 Å². The molecule has 0 bridgehead atoms. The molecule has 0 spiro atoms. The molecule has 2 aromatic carbocycles. The normalized spacial score (nSPS) is 14.0. The zero-order valence-corrected chi connectivity index (χ0v) is 22.7. The first-order chi connectivity index (χ1) is 18.9. The van der Waals surface area contributed by atoms with Gasteiger partial charge < -0.3 is 20.0 Å². The van der Waals surface area contributed by atoms with Crippen molar-refractivity contribution in [1.29, 1.82) is 0 Å². The fourth-order valence-electron chi connectivity index (χ4n) is 4.72. The van der Waals surface area contributed by atoms with E-state index in [-0.39, 0.29) is 18.0 Å². The van der Waals surface area contributed by atoms with E-state index in [1.165, 1.54) is 5.69 Å². The first kappa shape index (κ1) is 26.2. The Kier molecular flexibility index (Phi) is 7.47. The Labute approximate surface area is 227 Å². The van der Waals surface area contributed by atoms with Crippen molar-refractivity contribution < 1.29 is 4.79 Å². The summed E-state index contributed by atoms with van der Waals surface area (Å²) < 4.78 is 3.28. The zero-order chi connectivity index (χ0) is 27.5. The Balaban J connectivity index is 1.49. The van der Waals surface area contributed by atoms with Crippen LogP contribution >= 0.6 is 0 Å². The summed E-state index contributed by atoms with van der Waals surface area (Å²) in [5, 5.41) is 3.65. The number of nitrogens with zero attached hydrogens (tertiary/aromatic N) is 7. The monoisotopic (exact) mass is 526 g/mol. The first-order valence-electron chi connectivity index (χ1n) is 13.2. The molecular weight excluding hydrogens is 492 g/mol. The third-order valence-electron chi connectivity index (χ3n) is 7.13. The smallest absolute Gasteiger partial charge is 0.278 e. The molecule has 5 rings (SSSR count).